The number of methoxy groups -OCH3 is 1. The lowest BCUT2D eigenvalue weighted by atomic mass is 10.0. The van der Waals surface area contributed by atoms with Crippen molar-refractivity contribution in [1.82, 2.24) is 25.3 Å². The van der Waals surface area contributed by atoms with Gasteiger partial charge in [-0.15, -0.1) is 0 Å². The summed E-state index contributed by atoms with van der Waals surface area (Å²) in [7, 11) is 1.64. The van der Waals surface area contributed by atoms with Crippen LogP contribution < -0.4 is 4.74 Å². The van der Waals surface area contributed by atoms with Crippen LogP contribution in [0.15, 0.2) is 24.5 Å². The van der Waals surface area contributed by atoms with Crippen LogP contribution in [0.1, 0.15) is 17.8 Å². The van der Waals surface area contributed by atoms with Gasteiger partial charge < -0.3 is 9.84 Å². The third-order valence-electron chi connectivity index (χ3n) is 3.63. The number of aromatic amines is 1. The van der Waals surface area contributed by atoms with Crippen molar-refractivity contribution in [2.24, 2.45) is 0 Å². The average molecular weight is 275 g/mol. The smallest absolute Gasteiger partial charge is 0.124 e. The maximum absolute atomic E-state index is 10.6. The number of H-pyrrole nitrogens is 1. The third kappa shape index (κ3) is 2.50. The standard InChI is InChI=1S/C13H17N5O2/c1-20-11-2-4-14-10(6-11)8-18-5-3-13(19,9-18)12-7-15-17-16-12/h2,4,6-7,19H,3,5,8-9H2,1H3,(H,15,16,17). The Morgan fingerprint density at radius 3 is 3.20 bits per heavy atom. The Kier molecular flexibility index (Phi) is 3.37. The van der Waals surface area contributed by atoms with Crippen molar-refractivity contribution < 1.29 is 9.84 Å². The van der Waals surface area contributed by atoms with Crippen LogP contribution in [0.5, 0.6) is 5.75 Å². The highest BCUT2D eigenvalue weighted by Gasteiger charge is 2.39. The van der Waals surface area contributed by atoms with Gasteiger partial charge in [-0.1, -0.05) is 0 Å². The second-order valence-electron chi connectivity index (χ2n) is 5.03. The van der Waals surface area contributed by atoms with Gasteiger partial charge in [-0.25, -0.2) is 0 Å². The van der Waals surface area contributed by atoms with Crippen molar-refractivity contribution in [2.75, 3.05) is 20.2 Å². The molecule has 0 bridgehead atoms. The molecule has 0 aliphatic carbocycles. The number of pyridine rings is 1. The van der Waals surface area contributed by atoms with Gasteiger partial charge in [0.25, 0.3) is 0 Å². The Morgan fingerprint density at radius 1 is 1.55 bits per heavy atom. The van der Waals surface area contributed by atoms with Gasteiger partial charge in [-0.05, 0) is 12.5 Å². The van der Waals surface area contributed by atoms with E-state index in [1.54, 1.807) is 19.5 Å². The Hall–Kier alpha value is -1.99. The molecular formula is C13H17N5O2. The molecule has 0 radical (unpaired) electrons. The molecule has 1 fully saturated rings. The van der Waals surface area contributed by atoms with Crippen LogP contribution in [0, 0.1) is 0 Å². The quantitative estimate of drug-likeness (QED) is 0.834. The molecule has 2 aromatic heterocycles. The molecule has 1 aliphatic heterocycles. The molecule has 0 aromatic carbocycles. The summed E-state index contributed by atoms with van der Waals surface area (Å²) in [6, 6.07) is 3.73. The minimum absolute atomic E-state index is 0.526. The lowest BCUT2D eigenvalue weighted by Gasteiger charge is -2.20. The fourth-order valence-electron chi connectivity index (χ4n) is 2.54. The lowest BCUT2D eigenvalue weighted by Crippen LogP contribution is -2.31. The van der Waals surface area contributed by atoms with E-state index in [0.29, 0.717) is 25.2 Å². The molecule has 106 valence electrons. The molecule has 0 spiro atoms. The van der Waals surface area contributed by atoms with E-state index < -0.39 is 5.60 Å². The number of β-amino-alcohol motifs (C(OH)–C–C–N with tert-alkyl or cyclic N) is 1. The molecule has 2 N–H and O–H groups in total. The monoisotopic (exact) mass is 275 g/mol. The summed E-state index contributed by atoms with van der Waals surface area (Å²) >= 11 is 0. The van der Waals surface area contributed by atoms with Crippen molar-refractivity contribution in [2.45, 2.75) is 18.6 Å². The maximum atomic E-state index is 10.6. The highest BCUT2D eigenvalue weighted by Crippen LogP contribution is 2.30. The number of likely N-dealkylation sites (tertiary alicyclic amines) is 1. The second kappa shape index (κ2) is 5.18. The van der Waals surface area contributed by atoms with Gasteiger partial charge >= 0.3 is 0 Å². The van der Waals surface area contributed by atoms with Crippen LogP contribution >= 0.6 is 0 Å². The van der Waals surface area contributed by atoms with Crippen molar-refractivity contribution in [3.8, 4) is 5.75 Å². The van der Waals surface area contributed by atoms with E-state index >= 15 is 0 Å². The summed E-state index contributed by atoms with van der Waals surface area (Å²) in [4.78, 5) is 6.47. The van der Waals surface area contributed by atoms with Crippen LogP contribution in [0.4, 0.5) is 0 Å². The zero-order valence-electron chi connectivity index (χ0n) is 11.3. The first-order valence-corrected chi connectivity index (χ1v) is 6.49. The van der Waals surface area contributed by atoms with Crippen LogP contribution in [0.25, 0.3) is 0 Å². The van der Waals surface area contributed by atoms with Crippen LogP contribution in [-0.2, 0) is 12.1 Å². The maximum Gasteiger partial charge on any atom is 0.124 e. The predicted octanol–water partition coefficient (Wildman–Crippen LogP) is 0.302. The molecule has 1 atom stereocenters. The molecule has 20 heavy (non-hydrogen) atoms. The van der Waals surface area contributed by atoms with Gasteiger partial charge in [0.1, 0.15) is 17.0 Å². The largest absolute Gasteiger partial charge is 0.497 e. The van der Waals surface area contributed by atoms with Gasteiger partial charge in [0.05, 0.1) is 19.0 Å². The lowest BCUT2D eigenvalue weighted by molar-refractivity contribution is 0.0407. The number of nitrogens with zero attached hydrogens (tertiary/aromatic N) is 4. The van der Waals surface area contributed by atoms with Gasteiger partial charge in [0.2, 0.25) is 0 Å². The van der Waals surface area contributed by atoms with Crippen LogP contribution in [0.2, 0.25) is 0 Å². The zero-order valence-corrected chi connectivity index (χ0v) is 11.3. The number of nitrogens with one attached hydrogen (secondary N) is 1. The van der Waals surface area contributed by atoms with Gasteiger partial charge in [-0.3, -0.25) is 9.88 Å². The fraction of sp³-hybridized carbons (Fsp3) is 0.462. The number of ether oxygens (including phenoxy) is 1. The zero-order chi connectivity index (χ0) is 14.0. The molecule has 3 heterocycles. The van der Waals surface area contributed by atoms with Gasteiger partial charge in [0, 0.05) is 31.9 Å². The highest BCUT2D eigenvalue weighted by molar-refractivity contribution is 5.22. The molecule has 7 nitrogen and oxygen atoms in total. The molecule has 1 aliphatic rings. The molecule has 0 saturated carbocycles. The Bertz CT molecular complexity index is 574. The van der Waals surface area contributed by atoms with E-state index in [1.165, 1.54) is 0 Å². The van der Waals surface area contributed by atoms with E-state index in [9.17, 15) is 5.11 Å². The van der Waals surface area contributed by atoms with E-state index in [4.69, 9.17) is 4.74 Å². The second-order valence-corrected chi connectivity index (χ2v) is 5.03. The van der Waals surface area contributed by atoms with Crippen LogP contribution in [0.3, 0.4) is 0 Å². The summed E-state index contributed by atoms with van der Waals surface area (Å²) in [5.41, 5.74) is 0.596. The van der Waals surface area contributed by atoms with Crippen molar-refractivity contribution in [3.05, 3.63) is 35.9 Å². The molecule has 3 rings (SSSR count). The summed E-state index contributed by atoms with van der Waals surface area (Å²) in [5.74, 6) is 0.793. The van der Waals surface area contributed by atoms with E-state index in [2.05, 4.69) is 25.3 Å². The number of aromatic nitrogens is 4. The highest BCUT2D eigenvalue weighted by atomic mass is 16.5. The van der Waals surface area contributed by atoms with Crippen molar-refractivity contribution >= 4 is 0 Å². The number of hydrogen-bond donors (Lipinski definition) is 2. The molecule has 7 heteroatoms. The molecule has 2 aromatic rings. The van der Waals surface area contributed by atoms with E-state index in [-0.39, 0.29) is 0 Å². The normalized spacial score (nSPS) is 23.1. The minimum atomic E-state index is -0.925. The average Bonchev–Trinajstić information content (AvgIpc) is 3.10. The molecule has 1 unspecified atom stereocenters. The fourth-order valence-corrected chi connectivity index (χ4v) is 2.54. The van der Waals surface area contributed by atoms with Crippen molar-refractivity contribution in [1.29, 1.82) is 0 Å². The Balaban J connectivity index is 1.68. The molecule has 0 amide bonds. The third-order valence-corrected chi connectivity index (χ3v) is 3.63. The number of hydrogen-bond acceptors (Lipinski definition) is 6. The topological polar surface area (TPSA) is 87.2 Å². The SMILES string of the molecule is COc1ccnc(CN2CCC(O)(c3cn[nH]n3)C2)c1. The summed E-state index contributed by atoms with van der Waals surface area (Å²) < 4.78 is 5.19. The molecular weight excluding hydrogens is 258 g/mol. The minimum Gasteiger partial charge on any atom is -0.497 e. The first kappa shape index (κ1) is 13.0. The first-order valence-electron chi connectivity index (χ1n) is 6.49. The predicted molar refractivity (Wildman–Crippen MR) is 71.0 cm³/mol. The van der Waals surface area contributed by atoms with E-state index in [1.807, 2.05) is 12.1 Å². The Labute approximate surface area is 116 Å². The number of aliphatic hydroxyl groups is 1. The van der Waals surface area contributed by atoms with Gasteiger partial charge in [-0.2, -0.15) is 15.4 Å². The first-order chi connectivity index (χ1) is 9.69. The van der Waals surface area contributed by atoms with Crippen molar-refractivity contribution in [3.63, 3.8) is 0 Å². The van der Waals surface area contributed by atoms with E-state index in [0.717, 1.165) is 18.0 Å². The molecule has 1 saturated heterocycles. The van der Waals surface area contributed by atoms with Gasteiger partial charge in [0.15, 0.2) is 0 Å². The number of rotatable bonds is 4. The summed E-state index contributed by atoms with van der Waals surface area (Å²) in [5, 5.41) is 20.9. The summed E-state index contributed by atoms with van der Waals surface area (Å²) in [6.45, 7) is 2.00. The Morgan fingerprint density at radius 2 is 2.45 bits per heavy atom. The summed E-state index contributed by atoms with van der Waals surface area (Å²) in [6.07, 6.45) is 3.95. The van der Waals surface area contributed by atoms with Crippen LogP contribution in [-0.4, -0.2) is 50.6 Å².